The number of nitrogens with two attached hydrogens (primary N) is 2. The van der Waals surface area contributed by atoms with Crippen LogP contribution >= 0.6 is 15.9 Å². The summed E-state index contributed by atoms with van der Waals surface area (Å²) in [7, 11) is -7.07. The van der Waals surface area contributed by atoms with Gasteiger partial charge in [0.15, 0.2) is 47.4 Å². The van der Waals surface area contributed by atoms with Gasteiger partial charge in [-0.25, -0.2) is 24.3 Å². The van der Waals surface area contributed by atoms with E-state index in [0.29, 0.717) is 0 Å². The van der Waals surface area contributed by atoms with Gasteiger partial charge in [0, 0.05) is 11.2 Å². The first-order valence-electron chi connectivity index (χ1n) is 13.0. The highest BCUT2D eigenvalue weighted by atomic mass is 31.2. The van der Waals surface area contributed by atoms with Gasteiger partial charge in [0.1, 0.15) is 42.9 Å². The van der Waals surface area contributed by atoms with E-state index in [2.05, 4.69) is 29.9 Å². The fraction of sp³-hybridized carbons (Fsp3) is 0.524. The van der Waals surface area contributed by atoms with Crippen LogP contribution in [0.1, 0.15) is 12.5 Å². The Bertz CT molecular complexity index is 1870. The summed E-state index contributed by atoms with van der Waals surface area (Å²) in [5.74, 6) is -0.145. The first-order valence-corrected chi connectivity index (χ1v) is 16.0. The molecule has 7 heterocycles. The number of ether oxygens (including phenoxy) is 2. The predicted molar refractivity (Wildman–Crippen MR) is 144 cm³/mol. The van der Waals surface area contributed by atoms with Crippen molar-refractivity contribution in [3.8, 4) is 0 Å². The average molecular weight is 657 g/mol. The molecule has 2 unspecified atom stereocenters. The summed E-state index contributed by atoms with van der Waals surface area (Å²) in [6, 6.07) is 0. The Morgan fingerprint density at radius 3 is 2.57 bits per heavy atom. The highest BCUT2D eigenvalue weighted by Crippen LogP contribution is 2.51. The van der Waals surface area contributed by atoms with Gasteiger partial charge in [-0.1, -0.05) is 0 Å². The lowest BCUT2D eigenvalue weighted by atomic mass is 10.1. The molecule has 3 aliphatic heterocycles. The molecule has 3 aliphatic rings. The number of H-pyrrole nitrogens is 1. The topological polar surface area (TPSA) is 269 Å². The van der Waals surface area contributed by atoms with E-state index in [0.717, 1.165) is 17.6 Å². The van der Waals surface area contributed by atoms with E-state index in [1.807, 2.05) is 0 Å². The molecule has 3 saturated heterocycles. The summed E-state index contributed by atoms with van der Waals surface area (Å²) >= 11 is 0. The number of fused-ring (bicyclic) bond motifs is 5. The van der Waals surface area contributed by atoms with Crippen molar-refractivity contribution in [3.63, 3.8) is 0 Å². The van der Waals surface area contributed by atoms with Crippen molar-refractivity contribution in [2.75, 3.05) is 31.3 Å². The van der Waals surface area contributed by atoms with E-state index in [1.165, 1.54) is 17.2 Å². The molecule has 234 valence electrons. The molecule has 23 heteroatoms. The van der Waals surface area contributed by atoms with Crippen molar-refractivity contribution < 1.29 is 46.2 Å². The lowest BCUT2D eigenvalue weighted by molar-refractivity contribution is -0.0572. The van der Waals surface area contributed by atoms with E-state index in [1.54, 1.807) is 0 Å². The fourth-order valence-electron chi connectivity index (χ4n) is 5.28. The zero-order valence-electron chi connectivity index (χ0n) is 22.4. The van der Waals surface area contributed by atoms with Crippen LogP contribution in [0.4, 0.5) is 16.2 Å². The Hall–Kier alpha value is -3.52. The monoisotopic (exact) mass is 657 g/mol. The molecule has 0 saturated carbocycles. The number of aromatic amines is 1. The van der Waals surface area contributed by atoms with Crippen molar-refractivity contribution in [1.29, 1.82) is 0 Å². The summed E-state index contributed by atoms with van der Waals surface area (Å²) in [5.41, 5.74) is 11.2. The van der Waals surface area contributed by atoms with Crippen LogP contribution in [-0.2, 0) is 36.7 Å². The zero-order valence-corrected chi connectivity index (χ0v) is 24.2. The van der Waals surface area contributed by atoms with Crippen LogP contribution in [0.5, 0.6) is 0 Å². The molecule has 0 aromatic carbocycles. The number of anilines is 2. The smallest absolute Gasteiger partial charge is 0.387 e. The third kappa shape index (κ3) is 4.95. The summed E-state index contributed by atoms with van der Waals surface area (Å²) in [6.07, 6.45) is -7.88. The molecular formula is C21H24FN10O10P2+. The number of halogens is 1. The van der Waals surface area contributed by atoms with Crippen molar-refractivity contribution >= 4 is 49.9 Å². The van der Waals surface area contributed by atoms with Gasteiger partial charge in [0.25, 0.3) is 5.56 Å². The number of imidazole rings is 2. The second-order valence-corrected chi connectivity index (χ2v) is 13.1. The fourth-order valence-corrected chi connectivity index (χ4v) is 7.21. The van der Waals surface area contributed by atoms with Crippen LogP contribution in [-0.4, -0.2) is 101 Å². The number of nitrogen functional groups attached to an aromatic ring is 2. The molecule has 7 rings (SSSR count). The van der Waals surface area contributed by atoms with Crippen LogP contribution in [0.25, 0.3) is 22.3 Å². The van der Waals surface area contributed by atoms with E-state index in [9.17, 15) is 19.0 Å². The van der Waals surface area contributed by atoms with Gasteiger partial charge in [0.2, 0.25) is 5.95 Å². The molecular weight excluding hydrogens is 633 g/mol. The largest absolute Gasteiger partial charge is 0.698 e. The molecule has 4 aromatic rings. The van der Waals surface area contributed by atoms with Gasteiger partial charge in [-0.05, 0) is 0 Å². The number of alkyl halides is 1. The second-order valence-electron chi connectivity index (χ2n) is 10.1. The Morgan fingerprint density at radius 1 is 1.05 bits per heavy atom. The average Bonchev–Trinajstić information content (AvgIpc) is 3.72. The third-order valence-electron chi connectivity index (χ3n) is 7.30. The van der Waals surface area contributed by atoms with Gasteiger partial charge in [-0.2, -0.15) is 4.98 Å². The van der Waals surface area contributed by atoms with Gasteiger partial charge < -0.3 is 30.6 Å². The minimum atomic E-state index is -4.08. The van der Waals surface area contributed by atoms with E-state index in [-0.39, 0.29) is 34.1 Å². The molecule has 10 atom stereocenters. The van der Waals surface area contributed by atoms with Crippen molar-refractivity contribution in [3.05, 3.63) is 29.3 Å². The third-order valence-corrected chi connectivity index (χ3v) is 9.32. The van der Waals surface area contributed by atoms with Crippen molar-refractivity contribution in [1.82, 2.24) is 39.0 Å². The maximum atomic E-state index is 16.0. The van der Waals surface area contributed by atoms with E-state index < -0.39 is 83.8 Å². The number of nitrogens with one attached hydrogen (secondary N) is 1. The summed E-state index contributed by atoms with van der Waals surface area (Å²) < 4.78 is 78.8. The van der Waals surface area contributed by atoms with E-state index in [4.69, 9.17) is 39.0 Å². The van der Waals surface area contributed by atoms with Crippen LogP contribution in [0, 0.1) is 0 Å². The van der Waals surface area contributed by atoms with Crippen LogP contribution in [0.2, 0.25) is 0 Å². The Morgan fingerprint density at radius 2 is 1.77 bits per heavy atom. The Balaban J connectivity index is 1.18. The van der Waals surface area contributed by atoms with Gasteiger partial charge in [0.05, 0.1) is 19.3 Å². The first-order chi connectivity index (χ1) is 21.0. The summed E-state index contributed by atoms with van der Waals surface area (Å²) in [6.45, 7) is 0.0356. The number of nitrogens with zero attached hydrogens (tertiary/aromatic N) is 7. The highest BCUT2D eigenvalue weighted by Gasteiger charge is 2.55. The van der Waals surface area contributed by atoms with E-state index >= 15 is 4.39 Å². The molecule has 0 aliphatic carbocycles. The standard InChI is InChI=1S/C21H23FN10O10P2/c1-44(36)38-3-7-12(33)14(20(39-7)31-5-27-10-15(23)25-4-26-16(10)31)41-43(35)37-2-8-13(42-44)9(22)19(40-8)32-6-28-11-17(32)29-21(24)30-18(11)34/h4-9,12-14,19-20,33H,2-3H2,1H3,(H4-,23,24,25,26,29,30,34)/p+1/t7-,8-,9-,12-,13-,14-,19-,20-,44?/m1/s1. The number of hydrogen-bond acceptors (Lipinski definition) is 17. The molecule has 3 fully saturated rings. The summed E-state index contributed by atoms with van der Waals surface area (Å²) in [4.78, 5) is 34.7. The number of aliphatic hydroxyl groups excluding tert-OH is 1. The molecule has 4 aromatic heterocycles. The SMILES string of the molecule is CP1(=O)OC[C@H]2O[C@@H](n3cnc4c(N)ncnc43)[C@H](O[P+](=O)OC[C@H]3O[C@@H](n4cnc5c(=O)[nH]c(N)nc54)[C@H](F)[C@@H]3O1)[C@@H]2O. The molecule has 0 amide bonds. The highest BCUT2D eigenvalue weighted by molar-refractivity contribution is 7.53. The molecule has 0 spiro atoms. The lowest BCUT2D eigenvalue weighted by Crippen LogP contribution is -2.35. The second kappa shape index (κ2) is 10.8. The molecule has 0 radical (unpaired) electrons. The minimum Gasteiger partial charge on any atom is -0.387 e. The van der Waals surface area contributed by atoms with Crippen LogP contribution < -0.4 is 17.0 Å². The molecule has 44 heavy (non-hydrogen) atoms. The van der Waals surface area contributed by atoms with Crippen molar-refractivity contribution in [2.24, 2.45) is 0 Å². The van der Waals surface area contributed by atoms with Crippen LogP contribution in [0.3, 0.4) is 0 Å². The molecule has 6 N–H and O–H groups in total. The Kier molecular flexibility index (Phi) is 7.19. The zero-order chi connectivity index (χ0) is 30.9. The summed E-state index contributed by atoms with van der Waals surface area (Å²) in [5, 5.41) is 11.0. The quantitative estimate of drug-likeness (QED) is 0.205. The van der Waals surface area contributed by atoms with Gasteiger partial charge in [-0.3, -0.25) is 28.0 Å². The Labute approximate surface area is 245 Å². The number of aliphatic hydroxyl groups is 1. The predicted octanol–water partition coefficient (Wildman–Crippen LogP) is -0.0848. The lowest BCUT2D eigenvalue weighted by Gasteiger charge is -2.24. The number of hydrogen-bond donors (Lipinski definition) is 4. The van der Waals surface area contributed by atoms with Gasteiger partial charge in [-0.15, -0.1) is 9.05 Å². The van der Waals surface area contributed by atoms with Gasteiger partial charge >= 0.3 is 15.9 Å². The molecule has 2 bridgehead atoms. The first kappa shape index (κ1) is 29.2. The normalized spacial score (nSPS) is 35.8. The van der Waals surface area contributed by atoms with Crippen molar-refractivity contribution in [2.45, 2.75) is 49.1 Å². The maximum Gasteiger partial charge on any atom is 0.698 e. The van der Waals surface area contributed by atoms with Crippen LogP contribution in [0.15, 0.2) is 23.8 Å². The number of aromatic nitrogens is 8. The maximum absolute atomic E-state index is 16.0. The molecule has 20 nitrogen and oxygen atoms in total. The number of rotatable bonds is 2. The minimum absolute atomic E-state index is 0.0771.